The Kier molecular flexibility index (Phi) is 6.87. The number of benzene rings is 2. The van der Waals surface area contributed by atoms with Gasteiger partial charge in [0.1, 0.15) is 11.5 Å². The number of hydrogen-bond acceptors (Lipinski definition) is 6. The van der Waals surface area contributed by atoms with Crippen LogP contribution in [0, 0.1) is 5.82 Å². The van der Waals surface area contributed by atoms with E-state index < -0.39 is 17.6 Å². The fraction of sp³-hybridized carbons (Fsp3) is 0.192. The summed E-state index contributed by atoms with van der Waals surface area (Å²) >= 11 is 0. The van der Waals surface area contributed by atoms with Crippen LogP contribution in [-0.4, -0.2) is 34.9 Å². The maximum absolute atomic E-state index is 13.5. The predicted molar refractivity (Wildman–Crippen MR) is 126 cm³/mol. The molecule has 0 saturated heterocycles. The Morgan fingerprint density at radius 1 is 0.882 bits per heavy atom. The van der Waals surface area contributed by atoms with Crippen molar-refractivity contribution >= 4 is 23.1 Å². The van der Waals surface area contributed by atoms with E-state index in [9.17, 15) is 14.0 Å². The van der Waals surface area contributed by atoms with Gasteiger partial charge in [-0.25, -0.2) is 4.39 Å². The molecular weight excluding hydrogens is 437 g/mol. The molecule has 0 unspecified atom stereocenters. The van der Waals surface area contributed by atoms with Gasteiger partial charge < -0.3 is 14.8 Å². The molecule has 0 atom stereocenters. The van der Waals surface area contributed by atoms with E-state index in [4.69, 9.17) is 9.47 Å². The van der Waals surface area contributed by atoms with Crippen molar-refractivity contribution in [1.29, 1.82) is 0 Å². The summed E-state index contributed by atoms with van der Waals surface area (Å²) in [5.41, 5.74) is 2.03. The summed E-state index contributed by atoms with van der Waals surface area (Å²) in [6.07, 6.45) is 3.20. The van der Waals surface area contributed by atoms with Crippen molar-refractivity contribution in [2.45, 2.75) is 20.4 Å². The fourth-order valence-corrected chi connectivity index (χ4v) is 3.66. The molecule has 1 aromatic heterocycles. The molecule has 1 N–H and O–H groups in total. The highest BCUT2D eigenvalue weighted by Crippen LogP contribution is 2.35. The molecule has 2 amide bonds. The van der Waals surface area contributed by atoms with E-state index in [2.05, 4.69) is 10.3 Å². The van der Waals surface area contributed by atoms with Crippen molar-refractivity contribution in [1.82, 2.24) is 9.88 Å². The summed E-state index contributed by atoms with van der Waals surface area (Å²) in [4.78, 5) is 31.9. The number of carbonyl (C=O) groups excluding carboxylic acids is 2. The Morgan fingerprint density at radius 3 is 2.24 bits per heavy atom. The van der Waals surface area contributed by atoms with Gasteiger partial charge in [0.2, 0.25) is 0 Å². The lowest BCUT2D eigenvalue weighted by Crippen LogP contribution is -2.32. The van der Waals surface area contributed by atoms with Gasteiger partial charge in [-0.2, -0.15) is 0 Å². The number of amides is 2. The van der Waals surface area contributed by atoms with E-state index in [0.29, 0.717) is 36.0 Å². The van der Waals surface area contributed by atoms with Crippen molar-refractivity contribution in [3.05, 3.63) is 89.6 Å². The molecule has 2 heterocycles. The minimum Gasteiger partial charge on any atom is -0.490 e. The van der Waals surface area contributed by atoms with E-state index in [-0.39, 0.29) is 17.8 Å². The molecule has 0 aliphatic carbocycles. The quantitative estimate of drug-likeness (QED) is 0.476. The third-order valence-corrected chi connectivity index (χ3v) is 5.20. The Morgan fingerprint density at radius 2 is 1.56 bits per heavy atom. The van der Waals surface area contributed by atoms with Crippen LogP contribution in [0.5, 0.6) is 11.5 Å². The molecule has 1 aliphatic rings. The van der Waals surface area contributed by atoms with Crippen molar-refractivity contribution in [2.75, 3.05) is 18.5 Å². The van der Waals surface area contributed by atoms with Gasteiger partial charge in [-0.3, -0.25) is 19.5 Å². The van der Waals surface area contributed by atoms with Gasteiger partial charge >= 0.3 is 0 Å². The van der Waals surface area contributed by atoms with Crippen molar-refractivity contribution < 1.29 is 23.5 Å². The van der Waals surface area contributed by atoms with E-state index in [0.717, 1.165) is 10.5 Å². The number of ether oxygens (including phenoxy) is 2. The largest absolute Gasteiger partial charge is 0.490 e. The predicted octanol–water partition coefficient (Wildman–Crippen LogP) is 4.41. The van der Waals surface area contributed by atoms with Gasteiger partial charge in [0, 0.05) is 24.1 Å². The van der Waals surface area contributed by atoms with Gasteiger partial charge in [0.15, 0.2) is 11.5 Å². The first kappa shape index (κ1) is 23.0. The molecule has 4 rings (SSSR count). The van der Waals surface area contributed by atoms with E-state index in [1.165, 1.54) is 24.3 Å². The Balaban J connectivity index is 1.73. The van der Waals surface area contributed by atoms with Crippen molar-refractivity contribution in [2.24, 2.45) is 0 Å². The first-order valence-corrected chi connectivity index (χ1v) is 10.9. The van der Waals surface area contributed by atoms with Crippen LogP contribution in [0.15, 0.2) is 72.7 Å². The van der Waals surface area contributed by atoms with Crippen LogP contribution in [0.25, 0.3) is 5.57 Å². The van der Waals surface area contributed by atoms with Crippen LogP contribution in [0.2, 0.25) is 0 Å². The second kappa shape index (κ2) is 10.2. The number of nitrogens with one attached hydrogen (secondary N) is 1. The standard InChI is InChI=1S/C26H24FN3O4/c1-3-33-21-10-9-20(15-22(21)34-4-2)29-24-23(18-5-7-19(27)8-6-18)25(31)30(26(24)32)16-17-11-13-28-14-12-17/h5-15,29H,3-4,16H2,1-2H3. The SMILES string of the molecule is CCOc1ccc(NC2=C(c3ccc(F)cc3)C(=O)N(Cc3ccncc3)C2=O)cc1OCC. The first-order chi connectivity index (χ1) is 16.5. The van der Waals surface area contributed by atoms with Crippen LogP contribution in [0.3, 0.4) is 0 Å². The number of aromatic nitrogens is 1. The maximum Gasteiger partial charge on any atom is 0.278 e. The summed E-state index contributed by atoms with van der Waals surface area (Å²) in [7, 11) is 0. The van der Waals surface area contributed by atoms with Crippen LogP contribution in [0.4, 0.5) is 10.1 Å². The van der Waals surface area contributed by atoms with Gasteiger partial charge in [0.25, 0.3) is 11.8 Å². The van der Waals surface area contributed by atoms with Crippen molar-refractivity contribution in [3.63, 3.8) is 0 Å². The van der Waals surface area contributed by atoms with Crippen LogP contribution >= 0.6 is 0 Å². The zero-order valence-electron chi connectivity index (χ0n) is 18.9. The van der Waals surface area contributed by atoms with E-state index in [1.54, 1.807) is 42.7 Å². The summed E-state index contributed by atoms with van der Waals surface area (Å²) < 4.78 is 24.8. The van der Waals surface area contributed by atoms with Crippen LogP contribution in [0.1, 0.15) is 25.0 Å². The fourth-order valence-electron chi connectivity index (χ4n) is 3.66. The highest BCUT2D eigenvalue weighted by atomic mass is 19.1. The van der Waals surface area contributed by atoms with Crippen LogP contribution in [-0.2, 0) is 16.1 Å². The molecule has 0 bridgehead atoms. The molecule has 0 spiro atoms. The molecule has 174 valence electrons. The summed E-state index contributed by atoms with van der Waals surface area (Å²) in [5, 5.41) is 3.09. The number of pyridine rings is 1. The summed E-state index contributed by atoms with van der Waals surface area (Å²) in [5.74, 6) is -0.281. The normalized spacial score (nSPS) is 13.4. The zero-order valence-corrected chi connectivity index (χ0v) is 18.9. The van der Waals surface area contributed by atoms with Gasteiger partial charge in [-0.15, -0.1) is 0 Å². The minimum atomic E-state index is -0.479. The second-order valence-corrected chi connectivity index (χ2v) is 7.46. The lowest BCUT2D eigenvalue weighted by Gasteiger charge is -2.16. The molecule has 7 nitrogen and oxygen atoms in total. The number of imide groups is 1. The highest BCUT2D eigenvalue weighted by molar-refractivity contribution is 6.36. The van der Waals surface area contributed by atoms with Gasteiger partial charge in [0.05, 0.1) is 25.3 Å². The van der Waals surface area contributed by atoms with Gasteiger partial charge in [-0.05, 0) is 61.4 Å². The Hall–Kier alpha value is -4.20. The second-order valence-electron chi connectivity index (χ2n) is 7.46. The Bertz CT molecular complexity index is 1230. The minimum absolute atomic E-state index is 0.0868. The first-order valence-electron chi connectivity index (χ1n) is 10.9. The molecule has 0 fully saturated rings. The number of halogens is 1. The Labute approximate surface area is 196 Å². The number of carbonyl (C=O) groups is 2. The van der Waals surface area contributed by atoms with E-state index in [1.807, 2.05) is 13.8 Å². The average Bonchev–Trinajstić information content (AvgIpc) is 3.06. The average molecular weight is 461 g/mol. The highest BCUT2D eigenvalue weighted by Gasteiger charge is 2.39. The number of rotatable bonds is 9. The summed E-state index contributed by atoms with van der Waals surface area (Å²) in [6.45, 7) is 4.74. The summed E-state index contributed by atoms with van der Waals surface area (Å²) in [6, 6.07) is 14.2. The molecule has 0 radical (unpaired) electrons. The van der Waals surface area contributed by atoms with Gasteiger partial charge in [-0.1, -0.05) is 12.1 Å². The zero-order chi connectivity index (χ0) is 24.1. The third kappa shape index (κ3) is 4.76. The third-order valence-electron chi connectivity index (χ3n) is 5.20. The topological polar surface area (TPSA) is 80.8 Å². The number of hydrogen-bond donors (Lipinski definition) is 1. The molecule has 3 aromatic rings. The van der Waals surface area contributed by atoms with Crippen LogP contribution < -0.4 is 14.8 Å². The maximum atomic E-state index is 13.5. The molecule has 1 aliphatic heterocycles. The lowest BCUT2D eigenvalue weighted by molar-refractivity contribution is -0.137. The number of anilines is 1. The van der Waals surface area contributed by atoms with E-state index >= 15 is 0 Å². The number of nitrogens with zero attached hydrogens (tertiary/aromatic N) is 2. The van der Waals surface area contributed by atoms with Crippen molar-refractivity contribution in [3.8, 4) is 11.5 Å². The molecule has 34 heavy (non-hydrogen) atoms. The molecular formula is C26H24FN3O4. The molecule has 2 aromatic carbocycles. The molecule has 0 saturated carbocycles. The molecule has 8 heteroatoms. The lowest BCUT2D eigenvalue weighted by atomic mass is 10.0. The monoisotopic (exact) mass is 461 g/mol. The smallest absolute Gasteiger partial charge is 0.278 e.